The van der Waals surface area contributed by atoms with Gasteiger partial charge in [-0.05, 0) is 31.5 Å². The zero-order chi connectivity index (χ0) is 11.3. The lowest BCUT2D eigenvalue weighted by Gasteiger charge is -2.24. The van der Waals surface area contributed by atoms with E-state index in [-0.39, 0.29) is 6.61 Å². The molecule has 1 rings (SSSR count). The van der Waals surface area contributed by atoms with E-state index in [9.17, 15) is 0 Å². The predicted molar refractivity (Wildman–Crippen MR) is 68.1 cm³/mol. The quantitative estimate of drug-likeness (QED) is 0.809. The molecule has 0 unspecified atom stereocenters. The van der Waals surface area contributed by atoms with Crippen LogP contribution in [0.5, 0.6) is 0 Å². The van der Waals surface area contributed by atoms with Crippen LogP contribution >= 0.6 is 15.9 Å². The van der Waals surface area contributed by atoms with Gasteiger partial charge in [-0.1, -0.05) is 15.9 Å². The summed E-state index contributed by atoms with van der Waals surface area (Å²) in [5.41, 5.74) is 7.72. The van der Waals surface area contributed by atoms with Gasteiger partial charge in [0.1, 0.15) is 0 Å². The standard InChI is InChI=1S/C11H17BrN2O/c1-2-14(6-3-7-15)11-8-9(12)4-5-10(11)13/h4-5,8,15H,2-3,6-7,13H2,1H3. The Kier molecular flexibility index (Phi) is 4.91. The van der Waals surface area contributed by atoms with Crippen molar-refractivity contribution < 1.29 is 5.11 Å². The molecule has 3 nitrogen and oxygen atoms in total. The highest BCUT2D eigenvalue weighted by Gasteiger charge is 2.07. The van der Waals surface area contributed by atoms with E-state index in [1.165, 1.54) is 0 Å². The Morgan fingerprint density at radius 3 is 2.80 bits per heavy atom. The maximum atomic E-state index is 8.81. The van der Waals surface area contributed by atoms with E-state index in [0.717, 1.165) is 35.4 Å². The number of nitrogen functional groups attached to an aromatic ring is 1. The number of hydrogen-bond donors (Lipinski definition) is 2. The normalized spacial score (nSPS) is 10.3. The van der Waals surface area contributed by atoms with Gasteiger partial charge in [-0.2, -0.15) is 0 Å². The molecule has 0 spiro atoms. The first-order valence-corrected chi connectivity index (χ1v) is 5.89. The average Bonchev–Trinajstić information content (AvgIpc) is 2.24. The first-order valence-electron chi connectivity index (χ1n) is 5.10. The zero-order valence-electron chi connectivity index (χ0n) is 8.91. The molecule has 0 fully saturated rings. The third-order valence-corrected chi connectivity index (χ3v) is 2.79. The van der Waals surface area contributed by atoms with Crippen molar-refractivity contribution in [3.05, 3.63) is 22.7 Å². The molecule has 0 bridgehead atoms. The summed E-state index contributed by atoms with van der Waals surface area (Å²) in [5, 5.41) is 8.81. The smallest absolute Gasteiger partial charge is 0.0611 e. The molecule has 0 aromatic heterocycles. The van der Waals surface area contributed by atoms with Crippen LogP contribution in [-0.2, 0) is 0 Å². The van der Waals surface area contributed by atoms with Crippen LogP contribution in [0.25, 0.3) is 0 Å². The van der Waals surface area contributed by atoms with Crippen LogP contribution in [0.1, 0.15) is 13.3 Å². The SMILES string of the molecule is CCN(CCCO)c1cc(Br)ccc1N. The highest BCUT2D eigenvalue weighted by atomic mass is 79.9. The van der Waals surface area contributed by atoms with Gasteiger partial charge in [0.05, 0.1) is 11.4 Å². The lowest BCUT2D eigenvalue weighted by Crippen LogP contribution is -2.25. The van der Waals surface area contributed by atoms with Crippen molar-refractivity contribution in [2.75, 3.05) is 30.3 Å². The number of rotatable bonds is 5. The molecule has 0 aliphatic rings. The summed E-state index contributed by atoms with van der Waals surface area (Å²) in [6.45, 7) is 4.01. The minimum atomic E-state index is 0.213. The minimum Gasteiger partial charge on any atom is -0.397 e. The van der Waals surface area contributed by atoms with E-state index >= 15 is 0 Å². The topological polar surface area (TPSA) is 49.5 Å². The van der Waals surface area contributed by atoms with Crippen molar-refractivity contribution in [1.29, 1.82) is 0 Å². The summed E-state index contributed by atoms with van der Waals surface area (Å²) in [6, 6.07) is 5.83. The molecule has 0 aliphatic heterocycles. The third kappa shape index (κ3) is 3.39. The molecule has 4 heteroatoms. The van der Waals surface area contributed by atoms with Gasteiger partial charge in [0.15, 0.2) is 0 Å². The summed E-state index contributed by atoms with van der Waals surface area (Å²) in [7, 11) is 0. The molecule has 1 aromatic carbocycles. The van der Waals surface area contributed by atoms with Crippen molar-refractivity contribution in [3.8, 4) is 0 Å². The van der Waals surface area contributed by atoms with Crippen molar-refractivity contribution in [2.24, 2.45) is 0 Å². The Morgan fingerprint density at radius 2 is 2.20 bits per heavy atom. The van der Waals surface area contributed by atoms with Gasteiger partial charge in [-0.3, -0.25) is 0 Å². The Balaban J connectivity index is 2.85. The molecule has 1 aromatic rings. The van der Waals surface area contributed by atoms with E-state index < -0.39 is 0 Å². The fourth-order valence-corrected chi connectivity index (χ4v) is 1.85. The highest BCUT2D eigenvalue weighted by Crippen LogP contribution is 2.27. The van der Waals surface area contributed by atoms with Gasteiger partial charge < -0.3 is 15.7 Å². The summed E-state index contributed by atoms with van der Waals surface area (Å²) in [5.74, 6) is 0. The molecule has 0 heterocycles. The Hall–Kier alpha value is -0.740. The molecule has 0 amide bonds. The van der Waals surface area contributed by atoms with Crippen molar-refractivity contribution in [2.45, 2.75) is 13.3 Å². The van der Waals surface area contributed by atoms with Crippen LogP contribution in [0.3, 0.4) is 0 Å². The largest absolute Gasteiger partial charge is 0.397 e. The molecular formula is C11H17BrN2O. The number of halogens is 1. The van der Waals surface area contributed by atoms with Crippen LogP contribution in [0, 0.1) is 0 Å². The average molecular weight is 273 g/mol. The number of aliphatic hydroxyl groups excluding tert-OH is 1. The molecule has 0 saturated carbocycles. The second-order valence-electron chi connectivity index (χ2n) is 3.36. The van der Waals surface area contributed by atoms with Gasteiger partial charge in [-0.15, -0.1) is 0 Å². The van der Waals surface area contributed by atoms with Gasteiger partial charge >= 0.3 is 0 Å². The summed E-state index contributed by atoms with van der Waals surface area (Å²) < 4.78 is 1.02. The van der Waals surface area contributed by atoms with Gasteiger partial charge in [-0.25, -0.2) is 0 Å². The first-order chi connectivity index (χ1) is 7.19. The molecule has 0 saturated heterocycles. The lowest BCUT2D eigenvalue weighted by molar-refractivity contribution is 0.289. The van der Waals surface area contributed by atoms with Gasteiger partial charge in [0, 0.05) is 24.2 Å². The van der Waals surface area contributed by atoms with E-state index in [0.29, 0.717) is 0 Å². The van der Waals surface area contributed by atoms with Gasteiger partial charge in [0.25, 0.3) is 0 Å². The van der Waals surface area contributed by atoms with Crippen LogP contribution in [0.15, 0.2) is 22.7 Å². The number of nitrogens with zero attached hydrogens (tertiary/aromatic N) is 1. The molecule has 0 aliphatic carbocycles. The second-order valence-corrected chi connectivity index (χ2v) is 4.28. The predicted octanol–water partition coefficient (Wildman–Crippen LogP) is 2.24. The Morgan fingerprint density at radius 1 is 1.47 bits per heavy atom. The maximum Gasteiger partial charge on any atom is 0.0611 e. The summed E-state index contributed by atoms with van der Waals surface area (Å²) in [4.78, 5) is 2.16. The van der Waals surface area contributed by atoms with E-state index in [4.69, 9.17) is 10.8 Å². The summed E-state index contributed by atoms with van der Waals surface area (Å²) >= 11 is 3.43. The fourth-order valence-electron chi connectivity index (χ4n) is 1.50. The Bertz CT molecular complexity index is 317. The Labute approximate surface area is 99.0 Å². The first kappa shape index (κ1) is 12.3. The number of hydrogen-bond acceptors (Lipinski definition) is 3. The monoisotopic (exact) mass is 272 g/mol. The fraction of sp³-hybridized carbons (Fsp3) is 0.455. The minimum absolute atomic E-state index is 0.213. The van der Waals surface area contributed by atoms with Crippen LogP contribution in [0.4, 0.5) is 11.4 Å². The molecule has 0 atom stereocenters. The lowest BCUT2D eigenvalue weighted by atomic mass is 10.2. The number of benzene rings is 1. The molecule has 84 valence electrons. The maximum absolute atomic E-state index is 8.81. The summed E-state index contributed by atoms with van der Waals surface area (Å²) in [6.07, 6.45) is 0.764. The van der Waals surface area contributed by atoms with E-state index in [2.05, 4.69) is 27.8 Å². The van der Waals surface area contributed by atoms with E-state index in [1.807, 2.05) is 18.2 Å². The van der Waals surface area contributed by atoms with E-state index in [1.54, 1.807) is 0 Å². The van der Waals surface area contributed by atoms with Crippen molar-refractivity contribution >= 4 is 27.3 Å². The second kappa shape index (κ2) is 5.98. The number of anilines is 2. The molecule has 0 radical (unpaired) electrons. The number of nitrogens with two attached hydrogens (primary N) is 1. The van der Waals surface area contributed by atoms with Gasteiger partial charge in [0.2, 0.25) is 0 Å². The van der Waals surface area contributed by atoms with Crippen LogP contribution < -0.4 is 10.6 Å². The third-order valence-electron chi connectivity index (χ3n) is 2.30. The van der Waals surface area contributed by atoms with Crippen LogP contribution in [0.2, 0.25) is 0 Å². The van der Waals surface area contributed by atoms with Crippen molar-refractivity contribution in [1.82, 2.24) is 0 Å². The van der Waals surface area contributed by atoms with Crippen molar-refractivity contribution in [3.63, 3.8) is 0 Å². The molecule has 15 heavy (non-hydrogen) atoms. The highest BCUT2D eigenvalue weighted by molar-refractivity contribution is 9.10. The molecule has 3 N–H and O–H groups in total. The van der Waals surface area contributed by atoms with Crippen LogP contribution in [-0.4, -0.2) is 24.8 Å². The zero-order valence-corrected chi connectivity index (χ0v) is 10.5. The number of aliphatic hydroxyl groups is 1. The molecular weight excluding hydrogens is 256 g/mol.